The summed E-state index contributed by atoms with van der Waals surface area (Å²) in [6.45, 7) is 16.8. The van der Waals surface area contributed by atoms with Crippen LogP contribution in [0.4, 0.5) is 85.8 Å². The summed E-state index contributed by atoms with van der Waals surface area (Å²) in [5.41, 5.74) is 30.9. The first kappa shape index (κ1) is 90.1. The van der Waals surface area contributed by atoms with Gasteiger partial charge < -0.3 is 19.6 Å². The quantitative estimate of drug-likeness (QED) is 0.0557. The average molecular weight is 1870 g/mol. The Labute approximate surface area is 837 Å². The molecule has 24 aromatic rings. The summed E-state index contributed by atoms with van der Waals surface area (Å²) < 4.78 is 71.5. The number of benzene rings is 24. The minimum absolute atomic E-state index is 0.331. The molecule has 0 atom stereocenters. The van der Waals surface area contributed by atoms with Crippen molar-refractivity contribution in [2.45, 2.75) is 55.4 Å². The van der Waals surface area contributed by atoms with E-state index in [2.05, 4.69) is 318 Å². The van der Waals surface area contributed by atoms with E-state index in [1.54, 1.807) is 24.3 Å². The van der Waals surface area contributed by atoms with Crippen molar-refractivity contribution >= 4 is 133 Å². The van der Waals surface area contributed by atoms with Gasteiger partial charge in [0.25, 0.3) is 0 Å². The van der Waals surface area contributed by atoms with Crippen molar-refractivity contribution in [3.05, 3.63) is 529 Å². The fourth-order valence-electron chi connectivity index (χ4n) is 21.7. The van der Waals surface area contributed by atoms with E-state index in [0.29, 0.717) is 22.7 Å². The lowest BCUT2D eigenvalue weighted by Crippen LogP contribution is -2.16. The first-order valence-corrected chi connectivity index (χ1v) is 49.1. The summed E-state index contributed by atoms with van der Waals surface area (Å²) in [6.07, 6.45) is 0. The average Bonchev–Trinajstić information content (AvgIpc) is 0.713. The van der Waals surface area contributed by atoms with Gasteiger partial charge in [0.15, 0.2) is 0 Å². The van der Waals surface area contributed by atoms with Gasteiger partial charge in [-0.2, -0.15) is 0 Å². The number of rotatable bonds is 20. The van der Waals surface area contributed by atoms with Crippen molar-refractivity contribution in [2.24, 2.45) is 0 Å². The van der Waals surface area contributed by atoms with Gasteiger partial charge in [-0.25, -0.2) is 17.6 Å². The standard InChI is InChI=1S/2C68H50F2N2/c1-43-25-33-61(45(3)37-43)71(67-57(49-21-13-7-14-22-49)39-53(41-59(67)69)47-17-9-5-10-18-47)63-35-29-51-28-32-56-64(36-30-52-27-31-55(63)65(51)66(52)56)72(62-34-26-44(2)38-46(62)4)68-58(50-23-15-8-16-24-50)40-54(42-60(68)70)48-19-11-6-12-20-48;1-43-25-27-45(3)63(37-43)71(67-57(49-21-13-7-14-22-49)39-53(41-59(67)69)47-17-9-5-10-18-47)61-35-31-51-30-34-56-62(36-32-52-29-33-55(61)65(51)66(52)56)72(64-38-44(2)26-28-46(64)4)68-58(50-23-15-8-16-24-50)40-54(42-60(68)70)48-19-11-6-12-20-48/h2*5-42H,1-4H3. The van der Waals surface area contributed by atoms with Crippen LogP contribution in [0, 0.1) is 78.7 Å². The van der Waals surface area contributed by atoms with Gasteiger partial charge in [-0.1, -0.05) is 375 Å². The number of hydrogen-bond acceptors (Lipinski definition) is 4. The lowest BCUT2D eigenvalue weighted by Gasteiger charge is -2.33. The predicted octanol–water partition coefficient (Wildman–Crippen LogP) is 39.4. The highest BCUT2D eigenvalue weighted by Crippen LogP contribution is 2.57. The Balaban J connectivity index is 0.000000159. The summed E-state index contributed by atoms with van der Waals surface area (Å²) in [4.78, 5) is 8.54. The molecule has 0 bridgehead atoms. The van der Waals surface area contributed by atoms with E-state index in [1.807, 2.05) is 194 Å². The Hall–Kier alpha value is -17.7. The van der Waals surface area contributed by atoms with Crippen LogP contribution >= 0.6 is 0 Å². The minimum Gasteiger partial charge on any atom is -0.306 e. The van der Waals surface area contributed by atoms with Crippen molar-refractivity contribution < 1.29 is 17.6 Å². The van der Waals surface area contributed by atoms with Crippen LogP contribution in [0.25, 0.3) is 154 Å². The molecular formula is C136H100F4N4. The van der Waals surface area contributed by atoms with E-state index in [-0.39, 0.29) is 23.3 Å². The van der Waals surface area contributed by atoms with E-state index in [4.69, 9.17) is 0 Å². The van der Waals surface area contributed by atoms with E-state index in [1.165, 1.54) is 0 Å². The molecule has 0 saturated heterocycles. The van der Waals surface area contributed by atoms with Crippen LogP contribution in [0.5, 0.6) is 0 Å². The Morgan fingerprint density at radius 3 is 0.569 bits per heavy atom. The highest BCUT2D eigenvalue weighted by Gasteiger charge is 2.34. The molecule has 0 aromatic heterocycles. The maximum Gasteiger partial charge on any atom is 0.148 e. The van der Waals surface area contributed by atoms with Crippen molar-refractivity contribution in [3.8, 4) is 89.0 Å². The second-order valence-corrected chi connectivity index (χ2v) is 38.0. The molecule has 0 saturated carbocycles. The van der Waals surface area contributed by atoms with Gasteiger partial charge in [0, 0.05) is 66.5 Å². The molecule has 0 aliphatic rings. The SMILES string of the molecule is Cc1ccc(C)c(N(c2c(F)cc(-c3ccccc3)cc2-c2ccccc2)c2ccc3ccc4c(N(c5cc(C)ccc5C)c5c(F)cc(-c6ccccc6)cc5-c5ccccc5)ccc5ccc2c3c54)c1.Cc1ccc(N(c2c(F)cc(-c3ccccc3)cc2-c2ccccc2)c2ccc3ccc4c(N(c5ccc(C)cc5C)c5c(F)cc(-c6ccccc6)cc5-c5ccccc5)ccc5ccc2c3c54)c(C)c1. The molecule has 8 heteroatoms. The Kier molecular flexibility index (Phi) is 23.7. The van der Waals surface area contributed by atoms with Crippen LogP contribution in [-0.2, 0) is 0 Å². The van der Waals surface area contributed by atoms with Gasteiger partial charge in [0.1, 0.15) is 23.3 Å². The van der Waals surface area contributed by atoms with Gasteiger partial charge >= 0.3 is 0 Å². The predicted molar refractivity (Wildman–Crippen MR) is 600 cm³/mol. The molecule has 0 unspecified atom stereocenters. The first-order valence-electron chi connectivity index (χ1n) is 49.1. The molecule has 0 aliphatic heterocycles. The summed E-state index contributed by atoms with van der Waals surface area (Å²) in [5, 5.41) is 12.3. The Bertz CT molecular complexity index is 8490. The third-order valence-corrected chi connectivity index (χ3v) is 28.5. The first-order chi connectivity index (χ1) is 70.4. The van der Waals surface area contributed by atoms with Crippen molar-refractivity contribution in [1.29, 1.82) is 0 Å². The second-order valence-electron chi connectivity index (χ2n) is 38.0. The molecule has 144 heavy (non-hydrogen) atoms. The number of halogens is 4. The minimum atomic E-state index is -0.332. The molecule has 0 fully saturated rings. The van der Waals surface area contributed by atoms with Crippen molar-refractivity contribution in [1.82, 2.24) is 0 Å². The van der Waals surface area contributed by atoms with E-state index >= 15 is 17.6 Å². The van der Waals surface area contributed by atoms with Crippen molar-refractivity contribution in [3.63, 3.8) is 0 Å². The number of aryl methyl sites for hydroxylation is 8. The Morgan fingerprint density at radius 2 is 0.340 bits per heavy atom. The maximum absolute atomic E-state index is 17.9. The number of hydrogen-bond donors (Lipinski definition) is 0. The summed E-state index contributed by atoms with van der Waals surface area (Å²) in [6, 6.07) is 156. The van der Waals surface area contributed by atoms with E-state index in [0.717, 1.165) is 244 Å². The normalized spacial score (nSPS) is 11.5. The van der Waals surface area contributed by atoms with Crippen LogP contribution < -0.4 is 19.6 Å². The third kappa shape index (κ3) is 16.5. The van der Waals surface area contributed by atoms with E-state index < -0.39 is 0 Å². The summed E-state index contributed by atoms with van der Waals surface area (Å²) in [7, 11) is 0. The van der Waals surface area contributed by atoms with Gasteiger partial charge in [0.2, 0.25) is 0 Å². The number of nitrogens with zero attached hydrogens (tertiary/aromatic N) is 4. The van der Waals surface area contributed by atoms with Crippen LogP contribution in [0.2, 0.25) is 0 Å². The fraction of sp³-hybridized carbons (Fsp3) is 0.0588. The van der Waals surface area contributed by atoms with E-state index in [9.17, 15) is 0 Å². The zero-order valence-corrected chi connectivity index (χ0v) is 81.2. The van der Waals surface area contributed by atoms with Gasteiger partial charge in [-0.3, -0.25) is 0 Å². The largest absolute Gasteiger partial charge is 0.306 e. The third-order valence-electron chi connectivity index (χ3n) is 28.5. The van der Waals surface area contributed by atoms with Crippen LogP contribution in [0.1, 0.15) is 44.5 Å². The lowest BCUT2D eigenvalue weighted by atomic mass is 9.90. The van der Waals surface area contributed by atoms with Crippen LogP contribution in [0.15, 0.2) is 461 Å². The zero-order valence-electron chi connectivity index (χ0n) is 81.2. The molecule has 0 heterocycles. The Morgan fingerprint density at radius 1 is 0.146 bits per heavy atom. The molecule has 24 rings (SSSR count). The second kappa shape index (κ2) is 37.8. The molecule has 0 radical (unpaired) electrons. The molecular weight excluding hydrogens is 1770 g/mol. The smallest absolute Gasteiger partial charge is 0.148 e. The fourth-order valence-corrected chi connectivity index (χ4v) is 21.7. The topological polar surface area (TPSA) is 13.0 Å². The van der Waals surface area contributed by atoms with Crippen LogP contribution in [-0.4, -0.2) is 0 Å². The monoisotopic (exact) mass is 1860 g/mol. The van der Waals surface area contributed by atoms with Gasteiger partial charge in [-0.15, -0.1) is 0 Å². The molecule has 692 valence electrons. The summed E-state index contributed by atoms with van der Waals surface area (Å²) in [5.74, 6) is -1.32. The molecule has 0 N–H and O–H groups in total. The van der Waals surface area contributed by atoms with Gasteiger partial charge in [-0.05, 0) is 296 Å². The maximum atomic E-state index is 17.9. The van der Waals surface area contributed by atoms with Crippen molar-refractivity contribution in [2.75, 3.05) is 19.6 Å². The summed E-state index contributed by atoms with van der Waals surface area (Å²) >= 11 is 0. The van der Waals surface area contributed by atoms with Gasteiger partial charge in [0.05, 0.1) is 45.5 Å². The highest BCUT2D eigenvalue weighted by molar-refractivity contribution is 6.30. The molecule has 0 aliphatic carbocycles. The van der Waals surface area contributed by atoms with Crippen LogP contribution in [0.3, 0.4) is 0 Å². The number of anilines is 12. The highest BCUT2D eigenvalue weighted by atomic mass is 19.1. The molecule has 0 spiro atoms. The molecule has 0 amide bonds. The molecule has 24 aromatic carbocycles. The molecule has 4 nitrogen and oxygen atoms in total. The zero-order chi connectivity index (χ0) is 98.1. The lowest BCUT2D eigenvalue weighted by molar-refractivity contribution is 0.629.